The SMILES string of the molecule is CCCC1SCC(C(=O)O)N1C(=O)NC1(C)CCOCC1. The summed E-state index contributed by atoms with van der Waals surface area (Å²) in [5.74, 6) is -0.457. The molecule has 0 aliphatic carbocycles. The summed E-state index contributed by atoms with van der Waals surface area (Å²) >= 11 is 1.56. The van der Waals surface area contributed by atoms with E-state index >= 15 is 0 Å². The number of ether oxygens (including phenoxy) is 1. The van der Waals surface area contributed by atoms with E-state index in [9.17, 15) is 14.7 Å². The van der Waals surface area contributed by atoms with Crippen molar-refractivity contribution in [2.45, 2.75) is 56.5 Å². The Morgan fingerprint density at radius 3 is 2.67 bits per heavy atom. The number of thioether (sulfide) groups is 1. The van der Waals surface area contributed by atoms with Crippen molar-refractivity contribution < 1.29 is 19.4 Å². The van der Waals surface area contributed by atoms with E-state index in [4.69, 9.17) is 4.74 Å². The summed E-state index contributed by atoms with van der Waals surface area (Å²) in [5.41, 5.74) is -0.303. The Hall–Kier alpha value is -0.950. The summed E-state index contributed by atoms with van der Waals surface area (Å²) in [6.07, 6.45) is 3.27. The number of carboxylic acid groups (broad SMARTS) is 1. The Morgan fingerprint density at radius 2 is 2.10 bits per heavy atom. The lowest BCUT2D eigenvalue weighted by Gasteiger charge is -2.37. The number of amides is 2. The maximum atomic E-state index is 12.6. The zero-order valence-electron chi connectivity index (χ0n) is 12.6. The highest BCUT2D eigenvalue weighted by atomic mass is 32.2. The van der Waals surface area contributed by atoms with Crippen molar-refractivity contribution in [3.05, 3.63) is 0 Å². The molecule has 2 unspecified atom stereocenters. The van der Waals surface area contributed by atoms with Crippen molar-refractivity contribution in [3.63, 3.8) is 0 Å². The molecule has 2 N–H and O–H groups in total. The number of nitrogens with one attached hydrogen (secondary N) is 1. The topological polar surface area (TPSA) is 78.9 Å². The molecule has 0 saturated carbocycles. The van der Waals surface area contributed by atoms with Crippen LogP contribution in [-0.2, 0) is 9.53 Å². The number of aliphatic carboxylic acids is 1. The number of urea groups is 1. The smallest absolute Gasteiger partial charge is 0.327 e. The van der Waals surface area contributed by atoms with Gasteiger partial charge in [-0.2, -0.15) is 0 Å². The maximum Gasteiger partial charge on any atom is 0.327 e. The van der Waals surface area contributed by atoms with Gasteiger partial charge in [0.05, 0.1) is 5.37 Å². The molecule has 0 aromatic carbocycles. The van der Waals surface area contributed by atoms with Crippen LogP contribution in [0.2, 0.25) is 0 Å². The Morgan fingerprint density at radius 1 is 1.43 bits per heavy atom. The van der Waals surface area contributed by atoms with Gasteiger partial charge in [0.1, 0.15) is 6.04 Å². The molecule has 2 fully saturated rings. The van der Waals surface area contributed by atoms with Gasteiger partial charge in [-0.15, -0.1) is 11.8 Å². The van der Waals surface area contributed by atoms with Gasteiger partial charge in [-0.1, -0.05) is 13.3 Å². The predicted molar refractivity (Wildman–Crippen MR) is 81.4 cm³/mol. The summed E-state index contributed by atoms with van der Waals surface area (Å²) in [5, 5.41) is 12.3. The van der Waals surface area contributed by atoms with E-state index in [1.165, 1.54) is 4.90 Å². The lowest BCUT2D eigenvalue weighted by Crippen LogP contribution is -2.57. The Kier molecular flexibility index (Phi) is 5.37. The number of carbonyl (C=O) groups is 2. The largest absolute Gasteiger partial charge is 0.480 e. The highest BCUT2D eigenvalue weighted by Gasteiger charge is 2.43. The molecular weight excluding hydrogens is 292 g/mol. The van der Waals surface area contributed by atoms with E-state index in [2.05, 4.69) is 5.32 Å². The van der Waals surface area contributed by atoms with Crippen LogP contribution in [0.5, 0.6) is 0 Å². The minimum absolute atomic E-state index is 0.0421. The molecule has 2 atom stereocenters. The summed E-state index contributed by atoms with van der Waals surface area (Å²) in [4.78, 5) is 25.5. The summed E-state index contributed by atoms with van der Waals surface area (Å²) < 4.78 is 5.33. The Bertz CT molecular complexity index is 398. The lowest BCUT2D eigenvalue weighted by molar-refractivity contribution is -0.141. The highest BCUT2D eigenvalue weighted by molar-refractivity contribution is 8.00. The molecule has 2 aliphatic rings. The Labute approximate surface area is 129 Å². The van der Waals surface area contributed by atoms with E-state index in [1.807, 2.05) is 13.8 Å². The minimum atomic E-state index is -0.923. The van der Waals surface area contributed by atoms with Crippen molar-refractivity contribution >= 4 is 23.8 Å². The van der Waals surface area contributed by atoms with Crippen molar-refractivity contribution in [2.75, 3.05) is 19.0 Å². The molecule has 7 heteroatoms. The van der Waals surface area contributed by atoms with Crippen LogP contribution in [0.4, 0.5) is 4.79 Å². The van der Waals surface area contributed by atoms with Crippen LogP contribution in [0.3, 0.4) is 0 Å². The number of nitrogens with zero attached hydrogens (tertiary/aromatic N) is 1. The molecule has 0 spiro atoms. The molecule has 2 rings (SSSR count). The Balaban J connectivity index is 2.07. The van der Waals surface area contributed by atoms with Crippen LogP contribution in [0.1, 0.15) is 39.5 Å². The van der Waals surface area contributed by atoms with Crippen molar-refractivity contribution in [2.24, 2.45) is 0 Å². The first-order valence-corrected chi connectivity index (χ1v) is 8.54. The van der Waals surface area contributed by atoms with E-state index < -0.39 is 12.0 Å². The third-order valence-electron chi connectivity index (χ3n) is 4.15. The summed E-state index contributed by atoms with van der Waals surface area (Å²) in [6.45, 7) is 5.31. The maximum absolute atomic E-state index is 12.6. The van der Waals surface area contributed by atoms with Gasteiger partial charge in [0.2, 0.25) is 0 Å². The van der Waals surface area contributed by atoms with Gasteiger partial charge in [-0.3, -0.25) is 4.90 Å². The van der Waals surface area contributed by atoms with Crippen LogP contribution in [0.15, 0.2) is 0 Å². The molecule has 2 saturated heterocycles. The van der Waals surface area contributed by atoms with E-state index in [0.717, 1.165) is 25.7 Å². The molecule has 120 valence electrons. The van der Waals surface area contributed by atoms with Crippen LogP contribution >= 0.6 is 11.8 Å². The number of rotatable bonds is 4. The average Bonchev–Trinajstić information content (AvgIpc) is 2.83. The monoisotopic (exact) mass is 316 g/mol. The number of carbonyl (C=O) groups excluding carboxylic acids is 1. The fraction of sp³-hybridized carbons (Fsp3) is 0.857. The normalized spacial score (nSPS) is 28.4. The van der Waals surface area contributed by atoms with Crippen molar-refractivity contribution in [1.29, 1.82) is 0 Å². The van der Waals surface area contributed by atoms with Gasteiger partial charge in [0.25, 0.3) is 0 Å². The van der Waals surface area contributed by atoms with Gasteiger partial charge in [-0.05, 0) is 26.2 Å². The zero-order chi connectivity index (χ0) is 15.5. The first kappa shape index (κ1) is 16.4. The molecule has 2 amide bonds. The minimum Gasteiger partial charge on any atom is -0.480 e. The average molecular weight is 316 g/mol. The molecule has 0 bridgehead atoms. The van der Waals surface area contributed by atoms with Crippen LogP contribution in [-0.4, -0.2) is 57.9 Å². The molecule has 0 aromatic heterocycles. The van der Waals surface area contributed by atoms with Crippen LogP contribution in [0.25, 0.3) is 0 Å². The van der Waals surface area contributed by atoms with Crippen molar-refractivity contribution in [1.82, 2.24) is 10.2 Å². The summed E-state index contributed by atoms with van der Waals surface area (Å²) in [6, 6.07) is -0.981. The highest BCUT2D eigenvalue weighted by Crippen LogP contribution is 2.33. The van der Waals surface area contributed by atoms with Gasteiger partial charge >= 0.3 is 12.0 Å². The second-order valence-corrected chi connectivity index (χ2v) is 7.15. The lowest BCUT2D eigenvalue weighted by atomic mass is 9.93. The number of carboxylic acids is 1. The summed E-state index contributed by atoms with van der Waals surface area (Å²) in [7, 11) is 0. The third-order valence-corrected chi connectivity index (χ3v) is 5.51. The third kappa shape index (κ3) is 3.83. The van der Waals surface area contributed by atoms with Crippen LogP contribution < -0.4 is 5.32 Å². The van der Waals surface area contributed by atoms with Crippen molar-refractivity contribution in [3.8, 4) is 0 Å². The molecule has 2 heterocycles. The van der Waals surface area contributed by atoms with Crippen LogP contribution in [0, 0.1) is 0 Å². The fourth-order valence-electron chi connectivity index (χ4n) is 2.77. The molecule has 0 radical (unpaired) electrons. The number of hydrogen-bond donors (Lipinski definition) is 2. The van der Waals surface area contributed by atoms with E-state index in [-0.39, 0.29) is 16.9 Å². The second-order valence-electron chi connectivity index (χ2n) is 5.94. The molecular formula is C14H24N2O4S. The molecule has 2 aliphatic heterocycles. The predicted octanol–water partition coefficient (Wildman–Crippen LogP) is 1.89. The number of hydrogen-bond acceptors (Lipinski definition) is 4. The molecule has 6 nitrogen and oxygen atoms in total. The zero-order valence-corrected chi connectivity index (χ0v) is 13.4. The first-order chi connectivity index (χ1) is 9.97. The standard InChI is InChI=1S/C14H24N2O4S/c1-3-4-11-16(10(9-21-11)12(17)18)13(19)15-14(2)5-7-20-8-6-14/h10-11H,3-9H2,1-2H3,(H,15,19)(H,17,18). The van der Waals surface area contributed by atoms with Gasteiger partial charge in [-0.25, -0.2) is 9.59 Å². The van der Waals surface area contributed by atoms with Gasteiger partial charge < -0.3 is 15.2 Å². The van der Waals surface area contributed by atoms with E-state index in [1.54, 1.807) is 11.8 Å². The second kappa shape index (κ2) is 6.87. The first-order valence-electron chi connectivity index (χ1n) is 7.49. The van der Waals surface area contributed by atoms with Gasteiger partial charge in [0, 0.05) is 24.5 Å². The van der Waals surface area contributed by atoms with Gasteiger partial charge in [0.15, 0.2) is 0 Å². The van der Waals surface area contributed by atoms with E-state index in [0.29, 0.717) is 19.0 Å². The molecule has 0 aromatic rings. The molecule has 21 heavy (non-hydrogen) atoms. The quantitative estimate of drug-likeness (QED) is 0.828. The fourth-order valence-corrected chi connectivity index (χ4v) is 4.28.